The summed E-state index contributed by atoms with van der Waals surface area (Å²) < 4.78 is 13.0. The fourth-order valence-electron chi connectivity index (χ4n) is 4.06. The van der Waals surface area contributed by atoms with Crippen LogP contribution in [0.15, 0.2) is 24.3 Å². The number of benzene rings is 1. The van der Waals surface area contributed by atoms with Crippen LogP contribution in [-0.2, 0) is 11.2 Å². The first-order valence-corrected chi connectivity index (χ1v) is 9.47. The SMILES string of the molecule is Cl.O=C(CCC1CCNC1)N(CCc1ccc(F)cc1)C1CCCC1. The van der Waals surface area contributed by atoms with E-state index in [0.29, 0.717) is 24.3 Å². The van der Waals surface area contributed by atoms with Gasteiger partial charge in [0.05, 0.1) is 0 Å². The Balaban J connectivity index is 0.00000225. The maximum atomic E-state index is 13.0. The summed E-state index contributed by atoms with van der Waals surface area (Å²) in [5.74, 6) is 0.778. The van der Waals surface area contributed by atoms with Crippen molar-refractivity contribution in [2.24, 2.45) is 5.92 Å². The van der Waals surface area contributed by atoms with Gasteiger partial charge in [0, 0.05) is 19.0 Å². The molecule has 3 rings (SSSR count). The molecular weight excluding hydrogens is 339 g/mol. The first-order valence-electron chi connectivity index (χ1n) is 9.47. The highest BCUT2D eigenvalue weighted by molar-refractivity contribution is 5.85. The van der Waals surface area contributed by atoms with Crippen molar-refractivity contribution in [1.29, 1.82) is 0 Å². The van der Waals surface area contributed by atoms with E-state index >= 15 is 0 Å². The highest BCUT2D eigenvalue weighted by atomic mass is 35.5. The summed E-state index contributed by atoms with van der Waals surface area (Å²) in [6.07, 6.45) is 8.44. The van der Waals surface area contributed by atoms with Gasteiger partial charge in [0.2, 0.25) is 5.91 Å². The number of carbonyl (C=O) groups excluding carboxylic acids is 1. The van der Waals surface area contributed by atoms with Crippen LogP contribution in [-0.4, -0.2) is 36.5 Å². The molecule has 25 heavy (non-hydrogen) atoms. The summed E-state index contributed by atoms with van der Waals surface area (Å²) in [6, 6.07) is 7.08. The van der Waals surface area contributed by atoms with E-state index in [9.17, 15) is 9.18 Å². The molecule has 1 aromatic rings. The second-order valence-corrected chi connectivity index (χ2v) is 7.30. The second kappa shape index (κ2) is 10.1. The molecule has 1 aromatic carbocycles. The van der Waals surface area contributed by atoms with Crippen molar-refractivity contribution in [1.82, 2.24) is 10.2 Å². The van der Waals surface area contributed by atoms with Crippen LogP contribution in [0.3, 0.4) is 0 Å². The van der Waals surface area contributed by atoms with Crippen molar-refractivity contribution >= 4 is 18.3 Å². The Morgan fingerprint density at radius 2 is 1.88 bits per heavy atom. The van der Waals surface area contributed by atoms with Crippen LogP contribution >= 0.6 is 12.4 Å². The van der Waals surface area contributed by atoms with Gasteiger partial charge in [0.25, 0.3) is 0 Å². The Labute approximate surface area is 156 Å². The van der Waals surface area contributed by atoms with Crippen LogP contribution in [0, 0.1) is 11.7 Å². The third-order valence-electron chi connectivity index (χ3n) is 5.57. The smallest absolute Gasteiger partial charge is 0.222 e. The first-order chi connectivity index (χ1) is 11.7. The van der Waals surface area contributed by atoms with Crippen molar-refractivity contribution < 1.29 is 9.18 Å². The molecule has 1 aliphatic carbocycles. The van der Waals surface area contributed by atoms with Gasteiger partial charge in [-0.3, -0.25) is 4.79 Å². The topological polar surface area (TPSA) is 32.3 Å². The number of nitrogens with zero attached hydrogens (tertiary/aromatic N) is 1. The lowest BCUT2D eigenvalue weighted by molar-refractivity contribution is -0.133. The number of hydrogen-bond acceptors (Lipinski definition) is 2. The van der Waals surface area contributed by atoms with Crippen molar-refractivity contribution in [2.75, 3.05) is 19.6 Å². The molecule has 1 saturated heterocycles. The Morgan fingerprint density at radius 1 is 1.16 bits per heavy atom. The van der Waals surface area contributed by atoms with E-state index in [1.54, 1.807) is 0 Å². The van der Waals surface area contributed by atoms with Crippen molar-refractivity contribution in [3.8, 4) is 0 Å². The Hall–Kier alpha value is -1.13. The number of nitrogens with one attached hydrogen (secondary N) is 1. The van der Waals surface area contributed by atoms with Gasteiger partial charge < -0.3 is 10.2 Å². The minimum Gasteiger partial charge on any atom is -0.339 e. The van der Waals surface area contributed by atoms with Gasteiger partial charge >= 0.3 is 0 Å². The molecule has 1 heterocycles. The molecule has 1 atom stereocenters. The average molecular weight is 369 g/mol. The summed E-state index contributed by atoms with van der Waals surface area (Å²) in [5, 5.41) is 3.38. The summed E-state index contributed by atoms with van der Waals surface area (Å²) >= 11 is 0. The van der Waals surface area contributed by atoms with Crippen LogP contribution in [0.5, 0.6) is 0 Å². The van der Waals surface area contributed by atoms with Crippen LogP contribution in [0.1, 0.15) is 50.5 Å². The summed E-state index contributed by atoms with van der Waals surface area (Å²) in [7, 11) is 0. The Morgan fingerprint density at radius 3 is 2.52 bits per heavy atom. The van der Waals surface area contributed by atoms with E-state index in [0.717, 1.165) is 50.9 Å². The van der Waals surface area contributed by atoms with Gasteiger partial charge in [-0.2, -0.15) is 0 Å². The number of halogens is 2. The fourth-order valence-corrected chi connectivity index (χ4v) is 4.06. The molecule has 140 valence electrons. The third kappa shape index (κ3) is 5.96. The number of rotatable bonds is 7. The lowest BCUT2D eigenvalue weighted by Crippen LogP contribution is -2.40. The molecule has 5 heteroatoms. The molecule has 1 unspecified atom stereocenters. The maximum Gasteiger partial charge on any atom is 0.222 e. The van der Waals surface area contributed by atoms with Gasteiger partial charge in [0.1, 0.15) is 5.82 Å². The summed E-state index contributed by atoms with van der Waals surface area (Å²) in [5.41, 5.74) is 1.10. The molecule has 3 nitrogen and oxygen atoms in total. The molecule has 0 aromatic heterocycles. The number of hydrogen-bond donors (Lipinski definition) is 1. The van der Waals surface area contributed by atoms with E-state index in [1.807, 2.05) is 12.1 Å². The highest BCUT2D eigenvalue weighted by Crippen LogP contribution is 2.25. The number of carbonyl (C=O) groups is 1. The van der Waals surface area contributed by atoms with Crippen LogP contribution < -0.4 is 5.32 Å². The maximum absolute atomic E-state index is 13.0. The fraction of sp³-hybridized carbons (Fsp3) is 0.650. The van der Waals surface area contributed by atoms with Gasteiger partial charge in [-0.05, 0) is 68.8 Å². The molecule has 1 saturated carbocycles. The molecule has 2 aliphatic rings. The average Bonchev–Trinajstić information content (AvgIpc) is 3.28. The van der Waals surface area contributed by atoms with Crippen LogP contribution in [0.2, 0.25) is 0 Å². The largest absolute Gasteiger partial charge is 0.339 e. The predicted octanol–water partition coefficient (Wildman–Crippen LogP) is 3.95. The first kappa shape index (κ1) is 20.2. The summed E-state index contributed by atoms with van der Waals surface area (Å²) in [6.45, 7) is 2.92. The quantitative estimate of drug-likeness (QED) is 0.790. The van der Waals surface area contributed by atoms with Crippen molar-refractivity contribution in [3.05, 3.63) is 35.6 Å². The van der Waals surface area contributed by atoms with E-state index in [-0.39, 0.29) is 18.2 Å². The minimum atomic E-state index is -0.201. The van der Waals surface area contributed by atoms with E-state index in [1.165, 1.54) is 31.4 Å². The second-order valence-electron chi connectivity index (χ2n) is 7.30. The predicted molar refractivity (Wildman–Crippen MR) is 102 cm³/mol. The monoisotopic (exact) mass is 368 g/mol. The Bertz CT molecular complexity index is 525. The normalized spacial score (nSPS) is 20.4. The molecule has 0 spiro atoms. The Kier molecular flexibility index (Phi) is 8.17. The molecule has 0 radical (unpaired) electrons. The lowest BCUT2D eigenvalue weighted by atomic mass is 10.0. The zero-order valence-electron chi connectivity index (χ0n) is 14.9. The molecule has 1 amide bonds. The van der Waals surface area contributed by atoms with Crippen molar-refractivity contribution in [2.45, 2.75) is 57.4 Å². The molecule has 0 bridgehead atoms. The van der Waals surface area contributed by atoms with Gasteiger partial charge in [-0.1, -0.05) is 25.0 Å². The number of amides is 1. The summed E-state index contributed by atoms with van der Waals surface area (Å²) in [4.78, 5) is 14.9. The van der Waals surface area contributed by atoms with Gasteiger partial charge in [-0.15, -0.1) is 12.4 Å². The van der Waals surface area contributed by atoms with Crippen molar-refractivity contribution in [3.63, 3.8) is 0 Å². The molecule has 2 fully saturated rings. The van der Waals surface area contributed by atoms with Crippen LogP contribution in [0.4, 0.5) is 4.39 Å². The third-order valence-corrected chi connectivity index (χ3v) is 5.57. The van der Waals surface area contributed by atoms with Crippen LogP contribution in [0.25, 0.3) is 0 Å². The standard InChI is InChI=1S/C20H29FN2O.ClH/c21-18-8-5-16(6-9-18)12-14-23(19-3-1-2-4-19)20(24)10-7-17-11-13-22-15-17;/h5-6,8-9,17,19,22H,1-4,7,10-15H2;1H. The minimum absolute atomic E-state index is 0. The zero-order chi connectivity index (χ0) is 16.8. The van der Waals surface area contributed by atoms with E-state index in [2.05, 4.69) is 10.2 Å². The molecular formula is C20H30ClFN2O. The molecule has 1 aliphatic heterocycles. The highest BCUT2D eigenvalue weighted by Gasteiger charge is 2.27. The molecule has 1 N–H and O–H groups in total. The lowest BCUT2D eigenvalue weighted by Gasteiger charge is -2.29. The van der Waals surface area contributed by atoms with Gasteiger partial charge in [0.15, 0.2) is 0 Å². The van der Waals surface area contributed by atoms with E-state index in [4.69, 9.17) is 0 Å². The van der Waals surface area contributed by atoms with Gasteiger partial charge in [-0.25, -0.2) is 4.39 Å². The zero-order valence-corrected chi connectivity index (χ0v) is 15.7. The van der Waals surface area contributed by atoms with E-state index < -0.39 is 0 Å².